The van der Waals surface area contributed by atoms with Crippen LogP contribution in [0.1, 0.15) is 12.0 Å². The third-order valence-electron chi connectivity index (χ3n) is 3.60. The highest BCUT2D eigenvalue weighted by Crippen LogP contribution is 2.31. The quantitative estimate of drug-likeness (QED) is 0.767. The van der Waals surface area contributed by atoms with Crippen LogP contribution in [0.2, 0.25) is 0 Å². The van der Waals surface area contributed by atoms with Gasteiger partial charge in [0.05, 0.1) is 6.61 Å². The molecule has 3 heteroatoms. The van der Waals surface area contributed by atoms with E-state index in [0.29, 0.717) is 5.92 Å². The predicted octanol–water partition coefficient (Wildman–Crippen LogP) is 1.67. The molecule has 0 saturated carbocycles. The van der Waals surface area contributed by atoms with E-state index in [0.717, 1.165) is 38.4 Å². The van der Waals surface area contributed by atoms with Crippen molar-refractivity contribution in [1.29, 1.82) is 0 Å². The van der Waals surface area contributed by atoms with Crippen LogP contribution in [0.5, 0.6) is 0 Å². The number of rotatable bonds is 2. The van der Waals surface area contributed by atoms with Gasteiger partial charge >= 0.3 is 0 Å². The second kappa shape index (κ2) is 3.98. The van der Waals surface area contributed by atoms with Crippen molar-refractivity contribution in [1.82, 2.24) is 0 Å². The highest BCUT2D eigenvalue weighted by Gasteiger charge is 2.24. The second-order valence-electron chi connectivity index (χ2n) is 4.81. The average molecular weight is 218 g/mol. The Balaban J connectivity index is 1.77. The first-order valence-corrected chi connectivity index (χ1v) is 6.04. The van der Waals surface area contributed by atoms with E-state index in [9.17, 15) is 0 Å². The first-order valence-electron chi connectivity index (χ1n) is 6.04. The Kier molecular flexibility index (Phi) is 2.48. The van der Waals surface area contributed by atoms with E-state index >= 15 is 0 Å². The molecule has 0 spiro atoms. The zero-order chi connectivity index (χ0) is 11.0. The van der Waals surface area contributed by atoms with Gasteiger partial charge in [0, 0.05) is 37.0 Å². The van der Waals surface area contributed by atoms with Crippen LogP contribution in [0, 0.1) is 5.92 Å². The summed E-state index contributed by atoms with van der Waals surface area (Å²) in [5, 5.41) is 0. The fraction of sp³-hybridized carbons (Fsp3) is 0.538. The van der Waals surface area contributed by atoms with Gasteiger partial charge in [0.15, 0.2) is 0 Å². The molecule has 3 nitrogen and oxygen atoms in total. The Morgan fingerprint density at radius 1 is 1.44 bits per heavy atom. The largest absolute Gasteiger partial charge is 0.399 e. The molecule has 16 heavy (non-hydrogen) atoms. The zero-order valence-corrected chi connectivity index (χ0v) is 9.48. The van der Waals surface area contributed by atoms with Gasteiger partial charge in [-0.25, -0.2) is 0 Å². The van der Waals surface area contributed by atoms with Crippen molar-refractivity contribution < 1.29 is 4.74 Å². The minimum Gasteiger partial charge on any atom is -0.399 e. The second-order valence-corrected chi connectivity index (χ2v) is 4.81. The third-order valence-corrected chi connectivity index (χ3v) is 3.60. The fourth-order valence-electron chi connectivity index (χ4n) is 2.69. The monoisotopic (exact) mass is 218 g/mol. The molecular formula is C13H18N2O. The van der Waals surface area contributed by atoms with Gasteiger partial charge in [-0.05, 0) is 30.5 Å². The summed E-state index contributed by atoms with van der Waals surface area (Å²) in [4.78, 5) is 2.46. The van der Waals surface area contributed by atoms with E-state index in [1.165, 1.54) is 17.7 Å². The molecular weight excluding hydrogens is 200 g/mol. The van der Waals surface area contributed by atoms with Crippen LogP contribution < -0.4 is 10.6 Å². The summed E-state index contributed by atoms with van der Waals surface area (Å²) in [6.07, 6.45) is 2.36. The molecule has 1 fully saturated rings. The molecule has 1 unspecified atom stereocenters. The lowest BCUT2D eigenvalue weighted by Gasteiger charge is -2.22. The van der Waals surface area contributed by atoms with Crippen LogP contribution in [-0.4, -0.2) is 26.3 Å². The van der Waals surface area contributed by atoms with Crippen molar-refractivity contribution in [2.24, 2.45) is 5.92 Å². The van der Waals surface area contributed by atoms with E-state index < -0.39 is 0 Å². The van der Waals surface area contributed by atoms with Crippen LogP contribution in [0.3, 0.4) is 0 Å². The highest BCUT2D eigenvalue weighted by molar-refractivity contribution is 5.64. The Bertz CT molecular complexity index is 386. The molecule has 1 aromatic rings. The molecule has 2 heterocycles. The molecule has 0 aliphatic carbocycles. The Morgan fingerprint density at radius 3 is 3.19 bits per heavy atom. The van der Waals surface area contributed by atoms with Crippen LogP contribution in [0.4, 0.5) is 11.4 Å². The van der Waals surface area contributed by atoms with Gasteiger partial charge < -0.3 is 15.4 Å². The molecule has 0 amide bonds. The predicted molar refractivity (Wildman–Crippen MR) is 65.7 cm³/mol. The number of hydrogen-bond acceptors (Lipinski definition) is 3. The maximum absolute atomic E-state index is 5.85. The van der Waals surface area contributed by atoms with Crippen molar-refractivity contribution >= 4 is 11.4 Å². The molecule has 3 rings (SSSR count). The van der Waals surface area contributed by atoms with E-state index in [1.54, 1.807) is 0 Å². The van der Waals surface area contributed by atoms with Gasteiger partial charge in [0.25, 0.3) is 0 Å². The standard InChI is InChI=1S/C13H18N2O/c14-12-2-1-11-3-5-15(13(11)7-12)8-10-4-6-16-9-10/h1-2,7,10H,3-6,8-9,14H2. The summed E-state index contributed by atoms with van der Waals surface area (Å²) >= 11 is 0. The van der Waals surface area contributed by atoms with Crippen molar-refractivity contribution in [3.05, 3.63) is 23.8 Å². The van der Waals surface area contributed by atoms with Gasteiger partial charge in [-0.15, -0.1) is 0 Å². The van der Waals surface area contributed by atoms with E-state index in [-0.39, 0.29) is 0 Å². The first-order chi connectivity index (χ1) is 7.83. The fourth-order valence-corrected chi connectivity index (χ4v) is 2.69. The number of nitrogens with zero attached hydrogens (tertiary/aromatic N) is 1. The molecule has 1 saturated heterocycles. The van der Waals surface area contributed by atoms with Gasteiger partial charge in [-0.3, -0.25) is 0 Å². The number of nitrogen functional groups attached to an aromatic ring is 1. The van der Waals surface area contributed by atoms with Crippen LogP contribution in [0.25, 0.3) is 0 Å². The summed E-state index contributed by atoms with van der Waals surface area (Å²) < 4.78 is 5.43. The molecule has 0 aromatic heterocycles. The highest BCUT2D eigenvalue weighted by atomic mass is 16.5. The smallest absolute Gasteiger partial charge is 0.0512 e. The zero-order valence-electron chi connectivity index (χ0n) is 9.48. The number of ether oxygens (including phenoxy) is 1. The van der Waals surface area contributed by atoms with Gasteiger partial charge in [0.2, 0.25) is 0 Å². The number of fused-ring (bicyclic) bond motifs is 1. The molecule has 0 radical (unpaired) electrons. The molecule has 0 bridgehead atoms. The Morgan fingerprint density at radius 2 is 2.38 bits per heavy atom. The van der Waals surface area contributed by atoms with Gasteiger partial charge in [-0.2, -0.15) is 0 Å². The van der Waals surface area contributed by atoms with E-state index in [1.807, 2.05) is 6.07 Å². The molecule has 86 valence electrons. The summed E-state index contributed by atoms with van der Waals surface area (Å²) in [6, 6.07) is 6.27. The van der Waals surface area contributed by atoms with E-state index in [4.69, 9.17) is 10.5 Å². The van der Waals surface area contributed by atoms with Crippen molar-refractivity contribution in [2.75, 3.05) is 36.9 Å². The lowest BCUT2D eigenvalue weighted by atomic mass is 10.1. The average Bonchev–Trinajstić information content (AvgIpc) is 2.90. The Hall–Kier alpha value is -1.22. The number of anilines is 2. The minimum absolute atomic E-state index is 0.701. The Labute approximate surface area is 96.2 Å². The number of nitrogens with two attached hydrogens (primary N) is 1. The van der Waals surface area contributed by atoms with Crippen LogP contribution in [0.15, 0.2) is 18.2 Å². The summed E-state index contributed by atoms with van der Waals surface area (Å²) in [5.74, 6) is 0.701. The van der Waals surface area contributed by atoms with Crippen molar-refractivity contribution in [3.8, 4) is 0 Å². The third kappa shape index (κ3) is 1.76. The van der Waals surface area contributed by atoms with Gasteiger partial charge in [-0.1, -0.05) is 6.07 Å². The molecule has 2 aliphatic rings. The summed E-state index contributed by atoms with van der Waals surface area (Å²) in [6.45, 7) is 4.11. The first kappa shape index (κ1) is 9.97. The van der Waals surface area contributed by atoms with Crippen LogP contribution in [-0.2, 0) is 11.2 Å². The summed E-state index contributed by atoms with van der Waals surface area (Å²) in [7, 11) is 0. The summed E-state index contributed by atoms with van der Waals surface area (Å²) in [5.41, 5.74) is 9.50. The number of hydrogen-bond donors (Lipinski definition) is 1. The maximum Gasteiger partial charge on any atom is 0.0512 e. The van der Waals surface area contributed by atoms with Crippen molar-refractivity contribution in [2.45, 2.75) is 12.8 Å². The van der Waals surface area contributed by atoms with Crippen molar-refractivity contribution in [3.63, 3.8) is 0 Å². The van der Waals surface area contributed by atoms with Gasteiger partial charge in [0.1, 0.15) is 0 Å². The van der Waals surface area contributed by atoms with Crippen LogP contribution >= 0.6 is 0 Å². The molecule has 2 aliphatic heterocycles. The number of benzene rings is 1. The van der Waals surface area contributed by atoms with E-state index in [2.05, 4.69) is 17.0 Å². The minimum atomic E-state index is 0.701. The lowest BCUT2D eigenvalue weighted by molar-refractivity contribution is 0.186. The molecule has 1 atom stereocenters. The normalized spacial score (nSPS) is 23.8. The SMILES string of the molecule is Nc1ccc2c(c1)N(CC1CCOC1)CC2. The molecule has 1 aromatic carbocycles. The maximum atomic E-state index is 5.85. The molecule has 2 N–H and O–H groups in total. The lowest BCUT2D eigenvalue weighted by Crippen LogP contribution is -2.27. The topological polar surface area (TPSA) is 38.5 Å².